The summed E-state index contributed by atoms with van der Waals surface area (Å²) in [5.41, 5.74) is 3.78. The predicted octanol–water partition coefficient (Wildman–Crippen LogP) is 4.29. The lowest BCUT2D eigenvalue weighted by molar-refractivity contribution is 0.422. The Labute approximate surface area is 151 Å². The Morgan fingerprint density at radius 1 is 0.808 bits per heavy atom. The zero-order valence-corrected chi connectivity index (χ0v) is 14.0. The van der Waals surface area contributed by atoms with Gasteiger partial charge < -0.3 is 9.63 Å². The molecule has 4 rings (SSSR count). The van der Waals surface area contributed by atoms with Gasteiger partial charge in [-0.1, -0.05) is 35.5 Å². The molecule has 0 aliphatic heterocycles. The van der Waals surface area contributed by atoms with Crippen LogP contribution in [0.3, 0.4) is 0 Å². The van der Waals surface area contributed by atoms with E-state index in [1.165, 1.54) is 5.56 Å². The van der Waals surface area contributed by atoms with Crippen molar-refractivity contribution in [3.63, 3.8) is 0 Å². The van der Waals surface area contributed by atoms with Crippen molar-refractivity contribution < 1.29 is 9.63 Å². The van der Waals surface area contributed by atoms with E-state index in [1.54, 1.807) is 18.3 Å². The molecule has 0 amide bonds. The number of hydrogen-bond donors (Lipinski definition) is 1. The summed E-state index contributed by atoms with van der Waals surface area (Å²) in [5, 5.41) is 13.4. The molecule has 4 aromatic rings. The van der Waals surface area contributed by atoms with Gasteiger partial charge in [-0.25, -0.2) is 0 Å². The Bertz CT molecular complexity index is 978. The number of hydrogen-bond acceptors (Lipinski definition) is 5. The fourth-order valence-electron chi connectivity index (χ4n) is 2.70. The Morgan fingerprint density at radius 3 is 2.31 bits per heavy atom. The number of rotatable bonds is 5. The number of aromatic nitrogens is 3. The van der Waals surface area contributed by atoms with Gasteiger partial charge in [0.25, 0.3) is 5.89 Å². The highest BCUT2D eigenvalue weighted by atomic mass is 16.5. The van der Waals surface area contributed by atoms with E-state index in [2.05, 4.69) is 27.3 Å². The molecule has 0 aliphatic rings. The number of phenols is 1. The molecule has 2 aromatic heterocycles. The highest BCUT2D eigenvalue weighted by molar-refractivity contribution is 5.63. The van der Waals surface area contributed by atoms with Gasteiger partial charge in [-0.05, 0) is 48.4 Å². The van der Waals surface area contributed by atoms with Crippen LogP contribution in [0.5, 0.6) is 5.75 Å². The van der Waals surface area contributed by atoms with Crippen LogP contribution in [0.1, 0.15) is 11.4 Å². The summed E-state index contributed by atoms with van der Waals surface area (Å²) in [7, 11) is 0. The maximum atomic E-state index is 9.37. The van der Waals surface area contributed by atoms with E-state index in [-0.39, 0.29) is 5.75 Å². The molecule has 0 spiro atoms. The third kappa shape index (κ3) is 3.62. The van der Waals surface area contributed by atoms with E-state index in [9.17, 15) is 5.11 Å². The summed E-state index contributed by atoms with van der Waals surface area (Å²) in [4.78, 5) is 8.91. The highest BCUT2D eigenvalue weighted by Crippen LogP contribution is 2.23. The van der Waals surface area contributed by atoms with Gasteiger partial charge in [0.1, 0.15) is 5.75 Å². The minimum Gasteiger partial charge on any atom is -0.508 e. The van der Waals surface area contributed by atoms with E-state index in [4.69, 9.17) is 4.52 Å². The van der Waals surface area contributed by atoms with Crippen LogP contribution in [0.4, 0.5) is 0 Å². The molecule has 1 N–H and O–H groups in total. The molecular formula is C21H17N3O2. The largest absolute Gasteiger partial charge is 0.508 e. The molecular weight excluding hydrogens is 326 g/mol. The standard InChI is InChI=1S/C21H17N3O2/c25-18-10-7-16(8-11-18)19-12-9-17(14-22-19)21-23-20(24-26-21)13-6-15-4-2-1-3-5-15/h1-5,7-12,14,25H,6,13H2. The van der Waals surface area contributed by atoms with Gasteiger partial charge >= 0.3 is 0 Å². The van der Waals surface area contributed by atoms with Crippen LogP contribution in [-0.2, 0) is 12.8 Å². The monoisotopic (exact) mass is 343 g/mol. The van der Waals surface area contributed by atoms with Crippen molar-refractivity contribution in [2.75, 3.05) is 0 Å². The van der Waals surface area contributed by atoms with Crippen molar-refractivity contribution in [2.24, 2.45) is 0 Å². The number of pyridine rings is 1. The Kier molecular flexibility index (Phi) is 4.43. The van der Waals surface area contributed by atoms with Crippen molar-refractivity contribution >= 4 is 0 Å². The quantitative estimate of drug-likeness (QED) is 0.585. The van der Waals surface area contributed by atoms with Crippen LogP contribution < -0.4 is 0 Å². The van der Waals surface area contributed by atoms with Crippen LogP contribution in [-0.4, -0.2) is 20.2 Å². The van der Waals surface area contributed by atoms with Crippen LogP contribution in [0.2, 0.25) is 0 Å². The summed E-state index contributed by atoms with van der Waals surface area (Å²) in [6.45, 7) is 0. The second-order valence-corrected chi connectivity index (χ2v) is 5.98. The molecule has 0 unspecified atom stereocenters. The fraction of sp³-hybridized carbons (Fsp3) is 0.0952. The lowest BCUT2D eigenvalue weighted by Crippen LogP contribution is -1.93. The van der Waals surface area contributed by atoms with Crippen LogP contribution in [0.15, 0.2) is 77.4 Å². The zero-order chi connectivity index (χ0) is 17.8. The van der Waals surface area contributed by atoms with Gasteiger partial charge in [0.15, 0.2) is 5.82 Å². The average Bonchev–Trinajstić information content (AvgIpc) is 3.17. The molecule has 5 nitrogen and oxygen atoms in total. The molecule has 0 saturated heterocycles. The highest BCUT2D eigenvalue weighted by Gasteiger charge is 2.10. The number of nitrogens with zero attached hydrogens (tertiary/aromatic N) is 3. The van der Waals surface area contributed by atoms with Gasteiger partial charge in [-0.3, -0.25) is 4.98 Å². The second kappa shape index (κ2) is 7.19. The van der Waals surface area contributed by atoms with E-state index in [0.29, 0.717) is 11.7 Å². The fourth-order valence-corrected chi connectivity index (χ4v) is 2.70. The minimum atomic E-state index is 0.235. The number of aryl methyl sites for hydroxylation is 2. The summed E-state index contributed by atoms with van der Waals surface area (Å²) in [6.07, 6.45) is 3.32. The molecule has 5 heteroatoms. The van der Waals surface area contributed by atoms with Gasteiger partial charge in [-0.2, -0.15) is 4.98 Å². The second-order valence-electron chi connectivity index (χ2n) is 5.98. The number of phenolic OH excluding ortho intramolecular Hbond substituents is 1. The first kappa shape index (κ1) is 16.0. The lowest BCUT2D eigenvalue weighted by atomic mass is 10.1. The summed E-state index contributed by atoms with van der Waals surface area (Å²) in [5.74, 6) is 1.39. The molecule has 26 heavy (non-hydrogen) atoms. The molecule has 0 radical (unpaired) electrons. The molecule has 0 atom stereocenters. The van der Waals surface area contributed by atoms with Crippen molar-refractivity contribution in [3.05, 3.63) is 84.3 Å². The summed E-state index contributed by atoms with van der Waals surface area (Å²) in [6, 6.07) is 21.0. The Hall–Kier alpha value is -3.47. The third-order valence-electron chi connectivity index (χ3n) is 4.12. The first-order valence-corrected chi connectivity index (χ1v) is 8.40. The third-order valence-corrected chi connectivity index (χ3v) is 4.12. The average molecular weight is 343 g/mol. The van der Waals surface area contributed by atoms with Crippen LogP contribution in [0.25, 0.3) is 22.7 Å². The molecule has 0 aliphatic carbocycles. The zero-order valence-electron chi connectivity index (χ0n) is 14.0. The smallest absolute Gasteiger partial charge is 0.259 e. The topological polar surface area (TPSA) is 72.0 Å². The summed E-state index contributed by atoms with van der Waals surface area (Å²) < 4.78 is 5.37. The Morgan fingerprint density at radius 2 is 1.58 bits per heavy atom. The SMILES string of the molecule is Oc1ccc(-c2ccc(-c3nc(CCc4ccccc4)no3)cn2)cc1. The van der Waals surface area contributed by atoms with Gasteiger partial charge in [0.2, 0.25) is 0 Å². The number of benzene rings is 2. The maximum absolute atomic E-state index is 9.37. The minimum absolute atomic E-state index is 0.235. The Balaban J connectivity index is 1.46. The molecule has 2 aromatic carbocycles. The molecule has 0 fully saturated rings. The van der Waals surface area contributed by atoms with Crippen molar-refractivity contribution in [2.45, 2.75) is 12.8 Å². The van der Waals surface area contributed by atoms with Gasteiger partial charge in [0.05, 0.1) is 11.3 Å². The predicted molar refractivity (Wildman–Crippen MR) is 98.5 cm³/mol. The first-order valence-electron chi connectivity index (χ1n) is 8.40. The van der Waals surface area contributed by atoms with E-state index < -0.39 is 0 Å². The van der Waals surface area contributed by atoms with E-state index >= 15 is 0 Å². The van der Waals surface area contributed by atoms with Crippen molar-refractivity contribution in [1.29, 1.82) is 0 Å². The molecule has 0 saturated carbocycles. The van der Waals surface area contributed by atoms with Crippen LogP contribution >= 0.6 is 0 Å². The van der Waals surface area contributed by atoms with E-state index in [0.717, 1.165) is 29.7 Å². The van der Waals surface area contributed by atoms with Crippen molar-refractivity contribution in [3.8, 4) is 28.5 Å². The van der Waals surface area contributed by atoms with E-state index in [1.807, 2.05) is 42.5 Å². The molecule has 128 valence electrons. The van der Waals surface area contributed by atoms with Crippen molar-refractivity contribution in [1.82, 2.24) is 15.1 Å². The van der Waals surface area contributed by atoms with Gasteiger partial charge in [0, 0.05) is 18.2 Å². The molecule has 2 heterocycles. The maximum Gasteiger partial charge on any atom is 0.259 e. The lowest BCUT2D eigenvalue weighted by Gasteiger charge is -2.01. The number of aromatic hydroxyl groups is 1. The van der Waals surface area contributed by atoms with Crippen LogP contribution in [0, 0.1) is 0 Å². The first-order chi connectivity index (χ1) is 12.8. The normalized spacial score (nSPS) is 10.8. The summed E-state index contributed by atoms with van der Waals surface area (Å²) >= 11 is 0. The molecule has 0 bridgehead atoms. The van der Waals surface area contributed by atoms with Gasteiger partial charge in [-0.15, -0.1) is 0 Å².